The molecule has 97 valence electrons. The van der Waals surface area contributed by atoms with E-state index >= 15 is 0 Å². The minimum Gasteiger partial charge on any atom is -0.355 e. The molecule has 0 aliphatic heterocycles. The van der Waals surface area contributed by atoms with Gasteiger partial charge in [-0.25, -0.2) is 0 Å². The van der Waals surface area contributed by atoms with Crippen LogP contribution in [-0.2, 0) is 0 Å². The second-order valence-electron chi connectivity index (χ2n) is 4.78. The molecule has 0 aliphatic carbocycles. The van der Waals surface area contributed by atoms with E-state index in [9.17, 15) is 0 Å². The second-order valence-corrected chi connectivity index (χ2v) is 4.78. The maximum Gasteiger partial charge on any atom is 0.0466 e. The Labute approximate surface area is 119 Å². The lowest BCUT2D eigenvalue weighted by Crippen LogP contribution is -1.95. The van der Waals surface area contributed by atoms with Crippen LogP contribution >= 0.6 is 0 Å². The molecule has 0 amide bonds. The maximum absolute atomic E-state index is 3.49. The van der Waals surface area contributed by atoms with Crippen molar-refractivity contribution < 1.29 is 0 Å². The standard InChI is InChI=1S/C19H16N/c1-15-9-8-14-18(20-17-12-6-3-7-13-17)19(15)16-10-4-2-5-11-16/h2,4-14,20H,1H3. The normalized spacial score (nSPS) is 10.2. The van der Waals surface area contributed by atoms with Crippen molar-refractivity contribution in [3.05, 3.63) is 84.4 Å². The van der Waals surface area contributed by atoms with Gasteiger partial charge < -0.3 is 5.32 Å². The van der Waals surface area contributed by atoms with Crippen molar-refractivity contribution in [3.8, 4) is 11.1 Å². The van der Waals surface area contributed by atoms with Gasteiger partial charge in [0.2, 0.25) is 0 Å². The van der Waals surface area contributed by atoms with Crippen molar-refractivity contribution in [2.24, 2.45) is 0 Å². The molecular formula is C19H16N. The van der Waals surface area contributed by atoms with Gasteiger partial charge in [0.1, 0.15) is 0 Å². The molecule has 0 saturated carbocycles. The minimum atomic E-state index is 1.08. The molecule has 0 atom stereocenters. The van der Waals surface area contributed by atoms with E-state index in [0.717, 1.165) is 11.4 Å². The lowest BCUT2D eigenvalue weighted by Gasteiger charge is -2.15. The first-order valence-electron chi connectivity index (χ1n) is 6.73. The predicted molar refractivity (Wildman–Crippen MR) is 85.2 cm³/mol. The SMILES string of the molecule is Cc1cccc(Nc2cc[c]cc2)c1-c1ccccc1. The molecule has 0 bridgehead atoms. The van der Waals surface area contributed by atoms with Gasteiger partial charge in [0, 0.05) is 16.9 Å². The van der Waals surface area contributed by atoms with Gasteiger partial charge >= 0.3 is 0 Å². The highest BCUT2D eigenvalue weighted by Gasteiger charge is 2.07. The van der Waals surface area contributed by atoms with E-state index in [2.05, 4.69) is 60.8 Å². The molecule has 0 fully saturated rings. The molecule has 1 nitrogen and oxygen atoms in total. The zero-order valence-corrected chi connectivity index (χ0v) is 11.4. The highest BCUT2D eigenvalue weighted by atomic mass is 14.9. The Morgan fingerprint density at radius 2 is 1.55 bits per heavy atom. The van der Waals surface area contributed by atoms with Crippen LogP contribution in [0.25, 0.3) is 11.1 Å². The van der Waals surface area contributed by atoms with Crippen molar-refractivity contribution in [1.29, 1.82) is 0 Å². The average molecular weight is 258 g/mol. The van der Waals surface area contributed by atoms with Crippen LogP contribution < -0.4 is 5.32 Å². The summed E-state index contributed by atoms with van der Waals surface area (Å²) >= 11 is 0. The van der Waals surface area contributed by atoms with Gasteiger partial charge in [-0.15, -0.1) is 0 Å². The number of hydrogen-bond donors (Lipinski definition) is 1. The van der Waals surface area contributed by atoms with Gasteiger partial charge in [0.25, 0.3) is 0 Å². The van der Waals surface area contributed by atoms with Gasteiger partial charge in [-0.3, -0.25) is 0 Å². The summed E-state index contributed by atoms with van der Waals surface area (Å²) in [4.78, 5) is 0. The highest BCUT2D eigenvalue weighted by molar-refractivity contribution is 5.83. The molecule has 0 spiro atoms. The molecule has 3 aromatic rings. The Balaban J connectivity index is 2.06. The van der Waals surface area contributed by atoms with Gasteiger partial charge in [0.15, 0.2) is 0 Å². The maximum atomic E-state index is 3.49. The summed E-state index contributed by atoms with van der Waals surface area (Å²) in [5.74, 6) is 0. The third-order valence-electron chi connectivity index (χ3n) is 3.33. The Morgan fingerprint density at radius 3 is 2.30 bits per heavy atom. The molecule has 0 unspecified atom stereocenters. The van der Waals surface area contributed by atoms with Crippen LogP contribution in [0.5, 0.6) is 0 Å². The monoisotopic (exact) mass is 258 g/mol. The Hall–Kier alpha value is -2.54. The van der Waals surface area contributed by atoms with E-state index in [1.807, 2.05) is 30.3 Å². The number of hydrogen-bond acceptors (Lipinski definition) is 1. The minimum absolute atomic E-state index is 1.08. The van der Waals surface area contributed by atoms with E-state index < -0.39 is 0 Å². The lowest BCUT2D eigenvalue weighted by molar-refractivity contribution is 1.44. The second kappa shape index (κ2) is 5.62. The van der Waals surface area contributed by atoms with Gasteiger partial charge in [-0.2, -0.15) is 0 Å². The van der Waals surface area contributed by atoms with Crippen molar-refractivity contribution in [3.63, 3.8) is 0 Å². The zero-order chi connectivity index (χ0) is 13.8. The summed E-state index contributed by atoms with van der Waals surface area (Å²) < 4.78 is 0. The van der Waals surface area contributed by atoms with Crippen LogP contribution in [0.3, 0.4) is 0 Å². The topological polar surface area (TPSA) is 12.0 Å². The van der Waals surface area contributed by atoms with Crippen LogP contribution in [-0.4, -0.2) is 0 Å². The van der Waals surface area contributed by atoms with Crippen molar-refractivity contribution in [2.75, 3.05) is 5.32 Å². The molecule has 1 N–H and O–H groups in total. The van der Waals surface area contributed by atoms with Gasteiger partial charge in [-0.05, 0) is 42.3 Å². The molecule has 3 rings (SSSR count). The first kappa shape index (κ1) is 12.5. The van der Waals surface area contributed by atoms with Crippen LogP contribution in [0.1, 0.15) is 5.56 Å². The molecule has 0 saturated heterocycles. The third kappa shape index (κ3) is 2.57. The van der Waals surface area contributed by atoms with Crippen molar-refractivity contribution in [1.82, 2.24) is 0 Å². The molecule has 0 heterocycles. The molecule has 1 radical (unpaired) electrons. The van der Waals surface area contributed by atoms with E-state index in [0.29, 0.717) is 0 Å². The summed E-state index contributed by atoms with van der Waals surface area (Å²) in [7, 11) is 0. The molecule has 0 aliphatic rings. The van der Waals surface area contributed by atoms with Gasteiger partial charge in [-0.1, -0.05) is 54.6 Å². The fourth-order valence-corrected chi connectivity index (χ4v) is 2.39. The fourth-order valence-electron chi connectivity index (χ4n) is 2.39. The summed E-state index contributed by atoms with van der Waals surface area (Å²) in [6.45, 7) is 2.15. The first-order chi connectivity index (χ1) is 9.84. The predicted octanol–water partition coefficient (Wildman–Crippen LogP) is 5.21. The Bertz CT molecular complexity index is 687. The summed E-state index contributed by atoms with van der Waals surface area (Å²) in [6, 6.07) is 27.7. The number of nitrogens with one attached hydrogen (secondary N) is 1. The van der Waals surface area contributed by atoms with E-state index in [4.69, 9.17) is 0 Å². The summed E-state index contributed by atoms with van der Waals surface area (Å²) in [5.41, 5.74) is 5.95. The summed E-state index contributed by atoms with van der Waals surface area (Å²) in [5, 5.41) is 3.49. The quantitative estimate of drug-likeness (QED) is 0.680. The van der Waals surface area contributed by atoms with E-state index in [1.165, 1.54) is 16.7 Å². The molecule has 20 heavy (non-hydrogen) atoms. The zero-order valence-electron chi connectivity index (χ0n) is 11.4. The Kier molecular flexibility index (Phi) is 3.51. The number of benzene rings is 3. The van der Waals surface area contributed by atoms with Crippen LogP contribution in [0, 0.1) is 13.0 Å². The van der Waals surface area contributed by atoms with Crippen LogP contribution in [0.2, 0.25) is 0 Å². The first-order valence-corrected chi connectivity index (χ1v) is 6.73. The van der Waals surface area contributed by atoms with E-state index in [-0.39, 0.29) is 0 Å². The number of aryl methyl sites for hydroxylation is 1. The molecule has 1 heteroatoms. The average Bonchev–Trinajstić information content (AvgIpc) is 2.49. The third-order valence-corrected chi connectivity index (χ3v) is 3.33. The Morgan fingerprint density at radius 1 is 0.800 bits per heavy atom. The highest BCUT2D eigenvalue weighted by Crippen LogP contribution is 2.32. The smallest absolute Gasteiger partial charge is 0.0466 e. The molecular weight excluding hydrogens is 242 g/mol. The molecule has 0 aromatic heterocycles. The summed E-state index contributed by atoms with van der Waals surface area (Å²) in [6.07, 6.45) is 0. The lowest BCUT2D eigenvalue weighted by atomic mass is 9.98. The van der Waals surface area contributed by atoms with Crippen LogP contribution in [0.4, 0.5) is 11.4 Å². The molecule has 3 aromatic carbocycles. The number of rotatable bonds is 3. The fraction of sp³-hybridized carbons (Fsp3) is 0.0526. The van der Waals surface area contributed by atoms with Crippen molar-refractivity contribution >= 4 is 11.4 Å². The number of anilines is 2. The van der Waals surface area contributed by atoms with Crippen LogP contribution in [0.15, 0.2) is 72.8 Å². The van der Waals surface area contributed by atoms with E-state index in [1.54, 1.807) is 0 Å². The largest absolute Gasteiger partial charge is 0.355 e. The van der Waals surface area contributed by atoms with Gasteiger partial charge in [0.05, 0.1) is 0 Å². The van der Waals surface area contributed by atoms with Crippen molar-refractivity contribution in [2.45, 2.75) is 6.92 Å².